The zero-order valence-corrected chi connectivity index (χ0v) is 16.9. The van der Waals surface area contributed by atoms with Gasteiger partial charge in [-0.05, 0) is 30.7 Å². The zero-order valence-electron chi connectivity index (χ0n) is 16.1. The van der Waals surface area contributed by atoms with Crippen LogP contribution < -0.4 is 14.3 Å². The first kappa shape index (κ1) is 20.3. The number of methoxy groups -OCH3 is 2. The Morgan fingerprint density at radius 3 is 2.45 bits per heavy atom. The molecule has 29 heavy (non-hydrogen) atoms. The molecule has 0 saturated carbocycles. The van der Waals surface area contributed by atoms with Crippen LogP contribution >= 0.6 is 11.3 Å². The van der Waals surface area contributed by atoms with Gasteiger partial charge in [0.2, 0.25) is 0 Å². The van der Waals surface area contributed by atoms with Crippen molar-refractivity contribution in [2.24, 2.45) is 4.99 Å². The monoisotopic (exact) mass is 413 g/mol. The third-order valence-corrected chi connectivity index (χ3v) is 5.27. The lowest BCUT2D eigenvalue weighted by Gasteiger charge is -2.08. The molecule has 0 radical (unpaired) electrons. The van der Waals surface area contributed by atoms with Crippen molar-refractivity contribution in [1.82, 2.24) is 4.57 Å². The maximum Gasteiger partial charge on any atom is 0.272 e. The van der Waals surface area contributed by atoms with E-state index in [1.807, 2.05) is 23.6 Å². The first-order chi connectivity index (χ1) is 14.0. The zero-order chi connectivity index (χ0) is 21.0. The minimum atomic E-state index is -0.469. The number of rotatable bonds is 6. The highest BCUT2D eigenvalue weighted by atomic mass is 32.1. The van der Waals surface area contributed by atoms with Crippen LogP contribution in [0.3, 0.4) is 0 Å². The lowest BCUT2D eigenvalue weighted by molar-refractivity contribution is -0.384. The van der Waals surface area contributed by atoms with Gasteiger partial charge in [0, 0.05) is 36.9 Å². The number of thiazole rings is 1. The molecular weight excluding hydrogens is 394 g/mol. The summed E-state index contributed by atoms with van der Waals surface area (Å²) >= 11 is 1.38. The fourth-order valence-electron chi connectivity index (χ4n) is 2.79. The third-order valence-electron chi connectivity index (χ3n) is 4.23. The van der Waals surface area contributed by atoms with Crippen LogP contribution in [-0.2, 0) is 11.3 Å². The van der Waals surface area contributed by atoms with Gasteiger partial charge >= 0.3 is 0 Å². The summed E-state index contributed by atoms with van der Waals surface area (Å²) in [6.07, 6.45) is 2.91. The first-order valence-electron chi connectivity index (χ1n) is 8.73. The summed E-state index contributed by atoms with van der Waals surface area (Å²) < 4.78 is 13.6. The fraction of sp³-hybridized carbons (Fsp3) is 0.200. The molecule has 0 fully saturated rings. The van der Waals surface area contributed by atoms with Crippen LogP contribution in [0.2, 0.25) is 0 Å². The molecule has 0 N–H and O–H groups in total. The second-order valence-electron chi connectivity index (χ2n) is 5.94. The summed E-state index contributed by atoms with van der Waals surface area (Å²) in [5.74, 6) is 0.799. The number of nitro benzene ring substituents is 1. The number of nitrogens with zero attached hydrogens (tertiary/aromatic N) is 3. The SMILES string of the molecule is CCn1c(=NC(=O)/C=C\c2ccc([N+](=O)[O-])cc2)sc2cc(OC)c(OC)cc21. The molecule has 0 aliphatic carbocycles. The van der Waals surface area contributed by atoms with E-state index in [0.29, 0.717) is 28.4 Å². The first-order valence-corrected chi connectivity index (χ1v) is 9.55. The molecule has 2 aromatic carbocycles. The van der Waals surface area contributed by atoms with Crippen molar-refractivity contribution in [3.63, 3.8) is 0 Å². The van der Waals surface area contributed by atoms with Crippen LogP contribution in [0.15, 0.2) is 47.5 Å². The largest absolute Gasteiger partial charge is 0.493 e. The Kier molecular flexibility index (Phi) is 6.08. The van der Waals surface area contributed by atoms with Crippen LogP contribution in [0.1, 0.15) is 12.5 Å². The Hall–Kier alpha value is -3.46. The molecule has 0 aliphatic rings. The summed E-state index contributed by atoms with van der Waals surface area (Å²) in [4.78, 5) is 27.3. The molecule has 1 amide bonds. The highest BCUT2D eigenvalue weighted by Gasteiger charge is 2.12. The molecule has 150 valence electrons. The second kappa shape index (κ2) is 8.70. The standard InChI is InChI=1S/C20H19N3O5S/c1-4-22-15-11-16(27-2)17(28-3)12-18(15)29-20(22)21-19(24)10-7-13-5-8-14(9-6-13)23(25)26/h5-12H,4H2,1-3H3/b10-7-,21-20?. The van der Waals surface area contributed by atoms with E-state index in [4.69, 9.17) is 9.47 Å². The number of amides is 1. The molecule has 0 spiro atoms. The van der Waals surface area contributed by atoms with Crippen molar-refractivity contribution in [2.75, 3.05) is 14.2 Å². The Labute approximate surface area is 170 Å². The Morgan fingerprint density at radius 1 is 1.21 bits per heavy atom. The molecule has 0 unspecified atom stereocenters. The lowest BCUT2D eigenvalue weighted by atomic mass is 10.2. The molecule has 0 bridgehead atoms. The van der Waals surface area contributed by atoms with Gasteiger partial charge in [-0.15, -0.1) is 0 Å². The van der Waals surface area contributed by atoms with Crippen LogP contribution in [0.5, 0.6) is 11.5 Å². The number of aryl methyl sites for hydroxylation is 1. The quantitative estimate of drug-likeness (QED) is 0.348. The van der Waals surface area contributed by atoms with Crippen molar-refractivity contribution in [2.45, 2.75) is 13.5 Å². The molecule has 9 heteroatoms. The van der Waals surface area contributed by atoms with E-state index in [2.05, 4.69) is 4.99 Å². The van der Waals surface area contributed by atoms with Crippen LogP contribution in [0, 0.1) is 10.1 Å². The van der Waals surface area contributed by atoms with Gasteiger partial charge < -0.3 is 14.0 Å². The van der Waals surface area contributed by atoms with Crippen LogP contribution in [-0.4, -0.2) is 29.6 Å². The smallest absolute Gasteiger partial charge is 0.272 e. The number of hydrogen-bond acceptors (Lipinski definition) is 6. The van der Waals surface area contributed by atoms with E-state index >= 15 is 0 Å². The predicted octanol–water partition coefficient (Wildman–Crippen LogP) is 3.79. The fourth-order valence-corrected chi connectivity index (χ4v) is 3.90. The predicted molar refractivity (Wildman–Crippen MR) is 111 cm³/mol. The van der Waals surface area contributed by atoms with Gasteiger partial charge in [-0.3, -0.25) is 14.9 Å². The number of benzene rings is 2. The molecule has 3 aromatic rings. The molecule has 0 aliphatic heterocycles. The number of hydrogen-bond donors (Lipinski definition) is 0. The van der Waals surface area contributed by atoms with Gasteiger partial charge in [-0.25, -0.2) is 0 Å². The van der Waals surface area contributed by atoms with Crippen molar-refractivity contribution in [3.8, 4) is 11.5 Å². The normalized spacial score (nSPS) is 11.9. The van der Waals surface area contributed by atoms with Gasteiger partial charge in [0.15, 0.2) is 16.3 Å². The Morgan fingerprint density at radius 2 is 1.86 bits per heavy atom. The van der Waals surface area contributed by atoms with E-state index < -0.39 is 10.8 Å². The number of nitro groups is 1. The average molecular weight is 413 g/mol. The Balaban J connectivity index is 1.94. The second-order valence-corrected chi connectivity index (χ2v) is 6.94. The average Bonchev–Trinajstić information content (AvgIpc) is 3.06. The number of carbonyl (C=O) groups excluding carboxylic acids is 1. The van der Waals surface area contributed by atoms with E-state index in [1.165, 1.54) is 29.5 Å². The molecule has 0 saturated heterocycles. The number of carbonyl (C=O) groups is 1. The van der Waals surface area contributed by atoms with Crippen molar-refractivity contribution < 1.29 is 19.2 Å². The molecular formula is C20H19N3O5S. The van der Waals surface area contributed by atoms with E-state index in [1.54, 1.807) is 32.4 Å². The molecule has 3 rings (SSSR count). The number of ether oxygens (including phenoxy) is 2. The number of aromatic nitrogens is 1. The van der Waals surface area contributed by atoms with E-state index in [-0.39, 0.29) is 5.69 Å². The summed E-state index contributed by atoms with van der Waals surface area (Å²) in [6, 6.07) is 9.65. The van der Waals surface area contributed by atoms with Crippen molar-refractivity contribution in [3.05, 3.63) is 63.0 Å². The van der Waals surface area contributed by atoms with Gasteiger partial charge in [-0.1, -0.05) is 11.3 Å². The maximum atomic E-state index is 12.3. The minimum Gasteiger partial charge on any atom is -0.493 e. The Bertz CT molecular complexity index is 1160. The van der Waals surface area contributed by atoms with Crippen LogP contribution in [0.4, 0.5) is 5.69 Å². The van der Waals surface area contributed by atoms with Gasteiger partial charge in [-0.2, -0.15) is 4.99 Å². The van der Waals surface area contributed by atoms with Gasteiger partial charge in [0.05, 0.1) is 29.4 Å². The maximum absolute atomic E-state index is 12.3. The van der Waals surface area contributed by atoms with Crippen LogP contribution in [0.25, 0.3) is 16.3 Å². The topological polar surface area (TPSA) is 96.0 Å². The van der Waals surface area contributed by atoms with Crippen molar-refractivity contribution in [1.29, 1.82) is 0 Å². The highest BCUT2D eigenvalue weighted by Crippen LogP contribution is 2.33. The number of fused-ring (bicyclic) bond motifs is 1. The van der Waals surface area contributed by atoms with Crippen molar-refractivity contribution >= 4 is 39.2 Å². The van der Waals surface area contributed by atoms with E-state index in [9.17, 15) is 14.9 Å². The molecule has 0 atom stereocenters. The third kappa shape index (κ3) is 4.35. The van der Waals surface area contributed by atoms with E-state index in [0.717, 1.165) is 10.2 Å². The molecule has 1 heterocycles. The summed E-state index contributed by atoms with van der Waals surface area (Å²) in [5.41, 5.74) is 1.58. The molecule has 1 aromatic heterocycles. The minimum absolute atomic E-state index is 0.00159. The molecule has 8 nitrogen and oxygen atoms in total. The lowest BCUT2D eigenvalue weighted by Crippen LogP contribution is -2.15. The summed E-state index contributed by atoms with van der Waals surface area (Å²) in [7, 11) is 3.15. The van der Waals surface area contributed by atoms with Gasteiger partial charge in [0.25, 0.3) is 11.6 Å². The highest BCUT2D eigenvalue weighted by molar-refractivity contribution is 7.16. The summed E-state index contributed by atoms with van der Waals surface area (Å²) in [5, 5.41) is 10.7. The summed E-state index contributed by atoms with van der Waals surface area (Å²) in [6.45, 7) is 2.60. The van der Waals surface area contributed by atoms with Gasteiger partial charge in [0.1, 0.15) is 0 Å². The number of non-ortho nitro benzene ring substituents is 1.